The van der Waals surface area contributed by atoms with Crippen molar-refractivity contribution in [3.05, 3.63) is 29.3 Å². The van der Waals surface area contributed by atoms with E-state index in [1.54, 1.807) is 0 Å². The fourth-order valence-corrected chi connectivity index (χ4v) is 9.36. The summed E-state index contributed by atoms with van der Waals surface area (Å²) >= 11 is 6.18. The van der Waals surface area contributed by atoms with Crippen molar-refractivity contribution >= 4 is 28.7 Å². The van der Waals surface area contributed by atoms with Crippen molar-refractivity contribution < 1.29 is 13.0 Å². The molecular formula is C18H33ClO3Si2. The summed E-state index contributed by atoms with van der Waals surface area (Å²) in [6.45, 7) is 11.3. The van der Waals surface area contributed by atoms with Gasteiger partial charge in [-0.05, 0) is 44.7 Å². The number of para-hydroxylation sites is 1. The average molecular weight is 389 g/mol. The highest BCUT2D eigenvalue weighted by Gasteiger charge is 2.38. The van der Waals surface area contributed by atoms with Gasteiger partial charge in [0.1, 0.15) is 5.75 Å². The molecule has 0 unspecified atom stereocenters. The molecule has 0 saturated heterocycles. The molecule has 24 heavy (non-hydrogen) atoms. The van der Waals surface area contributed by atoms with Gasteiger partial charge in [-0.25, -0.2) is 0 Å². The van der Waals surface area contributed by atoms with Gasteiger partial charge < -0.3 is 13.0 Å². The fourth-order valence-electron chi connectivity index (χ4n) is 2.63. The van der Waals surface area contributed by atoms with Gasteiger partial charge in [-0.15, -0.1) is 0 Å². The summed E-state index contributed by atoms with van der Waals surface area (Å²) in [5, 5.41) is 0.620. The lowest BCUT2D eigenvalue weighted by molar-refractivity contribution is 0.225. The van der Waals surface area contributed by atoms with Crippen molar-refractivity contribution in [2.45, 2.75) is 71.6 Å². The Kier molecular flexibility index (Phi) is 9.59. The van der Waals surface area contributed by atoms with Crippen LogP contribution in [0.15, 0.2) is 24.3 Å². The number of hydrogen-bond donors (Lipinski definition) is 0. The number of unbranched alkanes of at least 4 members (excludes halogenated alkanes) is 5. The predicted octanol–water partition coefficient (Wildman–Crippen LogP) is 6.52. The van der Waals surface area contributed by atoms with Gasteiger partial charge in [-0.3, -0.25) is 0 Å². The first-order chi connectivity index (χ1) is 11.3. The molecule has 0 spiro atoms. The molecule has 1 aromatic carbocycles. The van der Waals surface area contributed by atoms with E-state index in [1.807, 2.05) is 37.4 Å². The van der Waals surface area contributed by atoms with Crippen molar-refractivity contribution in [3.63, 3.8) is 0 Å². The lowest BCUT2D eigenvalue weighted by atomic mass is 10.1. The van der Waals surface area contributed by atoms with Gasteiger partial charge in [0, 0.05) is 6.61 Å². The van der Waals surface area contributed by atoms with E-state index in [-0.39, 0.29) is 0 Å². The summed E-state index contributed by atoms with van der Waals surface area (Å²) in [5.74, 6) is 0.691. The second-order valence-electron chi connectivity index (χ2n) is 7.05. The third-order valence-corrected chi connectivity index (χ3v) is 9.49. The van der Waals surface area contributed by atoms with Crippen LogP contribution in [0.1, 0.15) is 45.4 Å². The second kappa shape index (κ2) is 10.6. The summed E-state index contributed by atoms with van der Waals surface area (Å²) in [6.07, 6.45) is 7.60. The molecule has 0 aromatic heterocycles. The van der Waals surface area contributed by atoms with Crippen LogP contribution in [0.5, 0.6) is 5.75 Å². The summed E-state index contributed by atoms with van der Waals surface area (Å²) in [5.41, 5.74) is 0. The molecule has 3 nitrogen and oxygen atoms in total. The van der Waals surface area contributed by atoms with Crippen molar-refractivity contribution in [1.29, 1.82) is 0 Å². The Morgan fingerprint density at radius 2 is 1.50 bits per heavy atom. The Hall–Kier alpha value is -0.336. The van der Waals surface area contributed by atoms with E-state index in [2.05, 4.69) is 20.0 Å². The molecule has 0 aliphatic rings. The zero-order valence-electron chi connectivity index (χ0n) is 15.9. The molecule has 0 radical (unpaired) electrons. The standard InChI is InChI=1S/C18H33ClO3Si2/c1-6-7-8-9-10-13-16-20-23(2,3)22-24(4,5)21-18-15-12-11-14-17(18)19/h11-12,14-15H,6-10,13,16H2,1-5H3. The summed E-state index contributed by atoms with van der Waals surface area (Å²) in [4.78, 5) is 0. The van der Waals surface area contributed by atoms with Crippen LogP contribution in [0.2, 0.25) is 31.2 Å². The number of rotatable bonds is 12. The van der Waals surface area contributed by atoms with Crippen molar-refractivity contribution in [2.75, 3.05) is 6.61 Å². The van der Waals surface area contributed by atoms with Gasteiger partial charge in [0.15, 0.2) is 0 Å². The van der Waals surface area contributed by atoms with Gasteiger partial charge in [0.25, 0.3) is 0 Å². The Morgan fingerprint density at radius 3 is 2.17 bits per heavy atom. The van der Waals surface area contributed by atoms with E-state index in [0.717, 1.165) is 13.0 Å². The van der Waals surface area contributed by atoms with E-state index >= 15 is 0 Å². The largest absolute Gasteiger partial charge is 0.520 e. The number of benzene rings is 1. The van der Waals surface area contributed by atoms with Gasteiger partial charge in [0.2, 0.25) is 0 Å². The van der Waals surface area contributed by atoms with Gasteiger partial charge in [0.05, 0.1) is 5.02 Å². The molecule has 0 N–H and O–H groups in total. The molecule has 0 fully saturated rings. The molecular weight excluding hydrogens is 356 g/mol. The molecule has 0 aliphatic carbocycles. The summed E-state index contributed by atoms with van der Waals surface area (Å²) in [6, 6.07) is 7.53. The summed E-state index contributed by atoms with van der Waals surface area (Å²) in [7, 11) is -4.54. The Morgan fingerprint density at radius 1 is 0.875 bits per heavy atom. The number of halogens is 1. The average Bonchev–Trinajstić information content (AvgIpc) is 2.47. The summed E-state index contributed by atoms with van der Waals surface area (Å²) < 4.78 is 18.5. The smallest absolute Gasteiger partial charge is 0.383 e. The minimum atomic E-state index is -2.34. The number of hydrogen-bond acceptors (Lipinski definition) is 3. The molecule has 138 valence electrons. The zero-order chi connectivity index (χ0) is 18.1. The maximum Gasteiger partial charge on any atom is 0.383 e. The Balaban J connectivity index is 2.37. The van der Waals surface area contributed by atoms with E-state index in [9.17, 15) is 0 Å². The first-order valence-electron chi connectivity index (χ1n) is 9.03. The third kappa shape index (κ3) is 9.23. The third-order valence-electron chi connectivity index (χ3n) is 3.63. The van der Waals surface area contributed by atoms with E-state index in [0.29, 0.717) is 10.8 Å². The molecule has 0 aliphatic heterocycles. The van der Waals surface area contributed by atoms with Crippen LogP contribution < -0.4 is 4.43 Å². The van der Waals surface area contributed by atoms with Crippen LogP contribution in [0, 0.1) is 0 Å². The zero-order valence-corrected chi connectivity index (χ0v) is 18.6. The molecule has 6 heteroatoms. The molecule has 0 atom stereocenters. The molecule has 0 heterocycles. The van der Waals surface area contributed by atoms with E-state index in [4.69, 9.17) is 24.6 Å². The van der Waals surface area contributed by atoms with Gasteiger partial charge >= 0.3 is 17.1 Å². The lowest BCUT2D eigenvalue weighted by Crippen LogP contribution is -2.50. The van der Waals surface area contributed by atoms with E-state index in [1.165, 1.54) is 32.1 Å². The predicted molar refractivity (Wildman–Crippen MR) is 107 cm³/mol. The van der Waals surface area contributed by atoms with Crippen molar-refractivity contribution in [1.82, 2.24) is 0 Å². The first-order valence-corrected chi connectivity index (χ1v) is 15.0. The SMILES string of the molecule is CCCCCCCCO[Si](C)(C)O[Si](C)(C)Oc1ccccc1Cl. The highest BCUT2D eigenvalue weighted by Crippen LogP contribution is 2.27. The van der Waals surface area contributed by atoms with Gasteiger partial charge in [-0.1, -0.05) is 62.8 Å². The highest BCUT2D eigenvalue weighted by molar-refractivity contribution is 6.79. The van der Waals surface area contributed by atoms with Crippen LogP contribution in [0.4, 0.5) is 0 Å². The maximum absolute atomic E-state index is 6.30. The first kappa shape index (κ1) is 21.7. The highest BCUT2D eigenvalue weighted by atomic mass is 35.5. The van der Waals surface area contributed by atoms with Crippen molar-refractivity contribution in [3.8, 4) is 5.75 Å². The quantitative estimate of drug-likeness (QED) is 0.301. The minimum absolute atomic E-state index is 0.620. The monoisotopic (exact) mass is 388 g/mol. The van der Waals surface area contributed by atoms with Crippen LogP contribution in [0.25, 0.3) is 0 Å². The topological polar surface area (TPSA) is 27.7 Å². The fraction of sp³-hybridized carbons (Fsp3) is 0.667. The molecule has 1 rings (SSSR count). The van der Waals surface area contributed by atoms with Crippen LogP contribution in [-0.2, 0) is 8.54 Å². The Bertz CT molecular complexity index is 481. The molecule has 0 saturated carbocycles. The molecule has 1 aromatic rings. The minimum Gasteiger partial charge on any atom is -0.520 e. The van der Waals surface area contributed by atoms with Gasteiger partial charge in [-0.2, -0.15) is 0 Å². The van der Waals surface area contributed by atoms with Crippen LogP contribution in [-0.4, -0.2) is 23.7 Å². The molecule has 0 bridgehead atoms. The van der Waals surface area contributed by atoms with Crippen LogP contribution in [0.3, 0.4) is 0 Å². The molecule has 0 amide bonds. The van der Waals surface area contributed by atoms with E-state index < -0.39 is 17.1 Å². The second-order valence-corrected chi connectivity index (χ2v) is 14.4. The van der Waals surface area contributed by atoms with Crippen LogP contribution >= 0.6 is 11.6 Å². The maximum atomic E-state index is 6.30. The normalized spacial score (nSPS) is 12.4. The van der Waals surface area contributed by atoms with Crippen molar-refractivity contribution in [2.24, 2.45) is 0 Å². The lowest BCUT2D eigenvalue weighted by Gasteiger charge is -2.33. The Labute approximate surface area is 155 Å².